The highest BCUT2D eigenvalue weighted by atomic mass is 32.2. The van der Waals surface area contributed by atoms with Crippen LogP contribution >= 0.6 is 0 Å². The van der Waals surface area contributed by atoms with Gasteiger partial charge in [0.25, 0.3) is 0 Å². The molecule has 0 aliphatic heterocycles. The average molecular weight is 178 g/mol. The van der Waals surface area contributed by atoms with Gasteiger partial charge in [-0.15, -0.1) is 0 Å². The molecule has 3 atom stereocenters. The molecule has 1 rings (SSSR count). The van der Waals surface area contributed by atoms with Gasteiger partial charge in [0.1, 0.15) is 6.17 Å². The van der Waals surface area contributed by atoms with Gasteiger partial charge in [-0.3, -0.25) is 0 Å². The van der Waals surface area contributed by atoms with Crippen molar-refractivity contribution in [2.45, 2.75) is 19.0 Å². The highest BCUT2D eigenvalue weighted by Crippen LogP contribution is 2.32. The van der Waals surface area contributed by atoms with Crippen LogP contribution < -0.4 is 0 Å². The number of allylic oxidation sites excluding steroid dienone is 1. The SMILES string of the molecule is C=C1CCC(CS(=O)O)C1F. The second kappa shape index (κ2) is 3.45. The van der Waals surface area contributed by atoms with Crippen LogP contribution in [-0.2, 0) is 11.1 Å². The minimum atomic E-state index is -1.87. The van der Waals surface area contributed by atoms with E-state index in [2.05, 4.69) is 6.58 Å². The predicted molar refractivity (Wildman–Crippen MR) is 42.4 cm³/mol. The molecule has 0 aromatic rings. The first-order chi connectivity index (χ1) is 5.11. The van der Waals surface area contributed by atoms with Gasteiger partial charge in [0.2, 0.25) is 0 Å². The highest BCUT2D eigenvalue weighted by molar-refractivity contribution is 7.79. The van der Waals surface area contributed by atoms with E-state index in [1.807, 2.05) is 0 Å². The van der Waals surface area contributed by atoms with Crippen LogP contribution in [0.3, 0.4) is 0 Å². The lowest BCUT2D eigenvalue weighted by molar-refractivity contribution is 0.314. The Bertz CT molecular complexity index is 193. The molecule has 0 radical (unpaired) electrons. The number of hydrogen-bond donors (Lipinski definition) is 1. The summed E-state index contributed by atoms with van der Waals surface area (Å²) in [6, 6.07) is 0. The van der Waals surface area contributed by atoms with Gasteiger partial charge in [0.15, 0.2) is 11.1 Å². The van der Waals surface area contributed by atoms with Crippen molar-refractivity contribution < 1.29 is 13.2 Å². The summed E-state index contributed by atoms with van der Waals surface area (Å²) in [5.74, 6) is -0.242. The van der Waals surface area contributed by atoms with Crippen molar-refractivity contribution >= 4 is 11.1 Å². The smallest absolute Gasteiger partial charge is 0.153 e. The summed E-state index contributed by atoms with van der Waals surface area (Å²) >= 11 is -1.87. The summed E-state index contributed by atoms with van der Waals surface area (Å²) in [5.41, 5.74) is 0.570. The first-order valence-electron chi connectivity index (χ1n) is 3.50. The summed E-state index contributed by atoms with van der Waals surface area (Å²) in [4.78, 5) is 0. The molecule has 0 heterocycles. The van der Waals surface area contributed by atoms with Gasteiger partial charge in [-0.1, -0.05) is 6.58 Å². The fourth-order valence-corrected chi connectivity index (χ4v) is 2.04. The van der Waals surface area contributed by atoms with Crippen molar-refractivity contribution in [2.75, 3.05) is 5.75 Å². The van der Waals surface area contributed by atoms with E-state index in [4.69, 9.17) is 4.55 Å². The van der Waals surface area contributed by atoms with Crippen LogP contribution in [0.2, 0.25) is 0 Å². The van der Waals surface area contributed by atoms with Crippen LogP contribution in [0.25, 0.3) is 0 Å². The summed E-state index contributed by atoms with van der Waals surface area (Å²) in [7, 11) is 0. The topological polar surface area (TPSA) is 37.3 Å². The van der Waals surface area contributed by atoms with Gasteiger partial charge in [-0.05, 0) is 18.4 Å². The Balaban J connectivity index is 2.48. The Hall–Kier alpha value is -0.220. The van der Waals surface area contributed by atoms with E-state index in [0.29, 0.717) is 18.4 Å². The first kappa shape index (κ1) is 8.87. The third-order valence-electron chi connectivity index (χ3n) is 2.00. The van der Waals surface area contributed by atoms with E-state index in [-0.39, 0.29) is 11.7 Å². The van der Waals surface area contributed by atoms with Crippen LogP contribution in [0.4, 0.5) is 4.39 Å². The van der Waals surface area contributed by atoms with Crippen LogP contribution in [0, 0.1) is 5.92 Å². The number of halogens is 1. The highest BCUT2D eigenvalue weighted by Gasteiger charge is 2.31. The van der Waals surface area contributed by atoms with Gasteiger partial charge in [0.05, 0.1) is 5.75 Å². The molecule has 64 valence electrons. The van der Waals surface area contributed by atoms with E-state index in [9.17, 15) is 8.60 Å². The second-order valence-electron chi connectivity index (χ2n) is 2.85. The van der Waals surface area contributed by atoms with Crippen LogP contribution in [0.15, 0.2) is 12.2 Å². The van der Waals surface area contributed by atoms with Gasteiger partial charge >= 0.3 is 0 Å². The van der Waals surface area contributed by atoms with Crippen LogP contribution in [-0.4, -0.2) is 20.7 Å². The molecule has 0 amide bonds. The number of rotatable bonds is 2. The van der Waals surface area contributed by atoms with E-state index in [1.165, 1.54) is 0 Å². The summed E-state index contributed by atoms with van der Waals surface area (Å²) < 4.78 is 31.8. The zero-order chi connectivity index (χ0) is 8.43. The van der Waals surface area contributed by atoms with Gasteiger partial charge in [-0.2, -0.15) is 0 Å². The minimum absolute atomic E-state index is 0.0419. The average Bonchev–Trinajstić information content (AvgIpc) is 2.18. The fourth-order valence-electron chi connectivity index (χ4n) is 1.34. The molecule has 0 saturated heterocycles. The molecule has 2 nitrogen and oxygen atoms in total. The maximum absolute atomic E-state index is 13.0. The Morgan fingerprint density at radius 2 is 2.45 bits per heavy atom. The summed E-state index contributed by atoms with van der Waals surface area (Å²) in [6.07, 6.45) is 0.251. The first-order valence-corrected chi connectivity index (χ1v) is 4.78. The zero-order valence-corrected chi connectivity index (χ0v) is 6.94. The largest absolute Gasteiger partial charge is 0.306 e. The molecule has 3 unspecified atom stereocenters. The third-order valence-corrected chi connectivity index (χ3v) is 2.71. The molecule has 4 heteroatoms. The van der Waals surface area contributed by atoms with E-state index < -0.39 is 17.3 Å². The van der Waals surface area contributed by atoms with Crippen molar-refractivity contribution in [1.82, 2.24) is 0 Å². The summed E-state index contributed by atoms with van der Waals surface area (Å²) in [5, 5.41) is 0. The van der Waals surface area contributed by atoms with E-state index >= 15 is 0 Å². The van der Waals surface area contributed by atoms with Crippen molar-refractivity contribution in [3.63, 3.8) is 0 Å². The number of alkyl halides is 1. The molecule has 1 N–H and O–H groups in total. The normalized spacial score (nSPS) is 34.2. The maximum Gasteiger partial charge on any atom is 0.153 e. The molecule has 0 bridgehead atoms. The monoisotopic (exact) mass is 178 g/mol. The van der Waals surface area contributed by atoms with Gasteiger partial charge < -0.3 is 4.55 Å². The Labute approximate surface area is 67.8 Å². The molecule has 1 aliphatic carbocycles. The van der Waals surface area contributed by atoms with E-state index in [0.717, 1.165) is 0 Å². The minimum Gasteiger partial charge on any atom is -0.306 e. The lowest BCUT2D eigenvalue weighted by Crippen LogP contribution is -2.16. The Morgan fingerprint density at radius 1 is 1.82 bits per heavy atom. The van der Waals surface area contributed by atoms with Gasteiger partial charge in [-0.25, -0.2) is 8.60 Å². The Kier molecular flexibility index (Phi) is 2.78. The molecule has 1 saturated carbocycles. The molecule has 0 aromatic heterocycles. The number of hydrogen-bond acceptors (Lipinski definition) is 1. The molecule has 0 aromatic carbocycles. The summed E-state index contributed by atoms with van der Waals surface area (Å²) in [6.45, 7) is 3.54. The second-order valence-corrected chi connectivity index (χ2v) is 3.82. The standard InChI is InChI=1S/C7H11FO2S/c1-5-2-3-6(7(5)8)4-11(9)10/h6-7H,1-4H2,(H,9,10). The van der Waals surface area contributed by atoms with Crippen LogP contribution in [0.5, 0.6) is 0 Å². The van der Waals surface area contributed by atoms with Gasteiger partial charge in [0, 0.05) is 5.92 Å². The molecular formula is C7H11FO2S. The van der Waals surface area contributed by atoms with E-state index in [1.54, 1.807) is 0 Å². The van der Waals surface area contributed by atoms with Crippen molar-refractivity contribution in [3.8, 4) is 0 Å². The molecule has 1 fully saturated rings. The predicted octanol–water partition coefficient (Wildman–Crippen LogP) is 1.51. The van der Waals surface area contributed by atoms with Crippen molar-refractivity contribution in [3.05, 3.63) is 12.2 Å². The zero-order valence-electron chi connectivity index (χ0n) is 6.12. The van der Waals surface area contributed by atoms with Crippen molar-refractivity contribution in [1.29, 1.82) is 0 Å². The molecule has 1 aliphatic rings. The molecular weight excluding hydrogens is 167 g/mol. The molecule has 11 heavy (non-hydrogen) atoms. The maximum atomic E-state index is 13.0. The van der Waals surface area contributed by atoms with Crippen LogP contribution in [0.1, 0.15) is 12.8 Å². The quantitative estimate of drug-likeness (QED) is 0.514. The third kappa shape index (κ3) is 2.10. The molecule has 0 spiro atoms. The van der Waals surface area contributed by atoms with Crippen molar-refractivity contribution in [2.24, 2.45) is 5.92 Å². The lowest BCUT2D eigenvalue weighted by Gasteiger charge is -2.08. The Morgan fingerprint density at radius 3 is 2.82 bits per heavy atom. The fraction of sp³-hybridized carbons (Fsp3) is 0.714. The lowest BCUT2D eigenvalue weighted by atomic mass is 10.1.